The number of rotatable bonds is 2. The number of allylic oxidation sites excluding steroid dienone is 2. The van der Waals surface area contributed by atoms with Crippen LogP contribution >= 0.6 is 23.2 Å². The van der Waals surface area contributed by atoms with Gasteiger partial charge < -0.3 is 10.2 Å². The summed E-state index contributed by atoms with van der Waals surface area (Å²) in [6.07, 6.45) is 4.76. The van der Waals surface area contributed by atoms with E-state index in [4.69, 9.17) is 33.4 Å². The summed E-state index contributed by atoms with van der Waals surface area (Å²) in [6.45, 7) is 0. The monoisotopic (exact) mass is 236 g/mol. The van der Waals surface area contributed by atoms with Crippen LogP contribution in [-0.2, 0) is 9.59 Å². The molecule has 1 rings (SSSR count). The van der Waals surface area contributed by atoms with Crippen LogP contribution in [0.15, 0.2) is 24.3 Å². The zero-order valence-corrected chi connectivity index (χ0v) is 8.29. The van der Waals surface area contributed by atoms with Crippen molar-refractivity contribution < 1.29 is 19.8 Å². The second-order valence-electron chi connectivity index (χ2n) is 2.75. The number of carboxylic acid groups (broad SMARTS) is 2. The number of alkyl halides is 2. The van der Waals surface area contributed by atoms with E-state index in [-0.39, 0.29) is 0 Å². The molecule has 2 N–H and O–H groups in total. The van der Waals surface area contributed by atoms with Crippen molar-refractivity contribution in [1.29, 1.82) is 0 Å². The first-order valence-corrected chi connectivity index (χ1v) is 4.32. The Morgan fingerprint density at radius 3 is 1.43 bits per heavy atom. The maximum Gasteiger partial charge on any atom is 0.331 e. The van der Waals surface area contributed by atoms with Gasteiger partial charge in [-0.2, -0.15) is 0 Å². The van der Waals surface area contributed by atoms with E-state index < -0.39 is 21.7 Å². The zero-order chi connectivity index (χ0) is 11.0. The Morgan fingerprint density at radius 2 is 1.21 bits per heavy atom. The molecule has 76 valence electrons. The van der Waals surface area contributed by atoms with E-state index in [0.29, 0.717) is 0 Å². The van der Waals surface area contributed by atoms with Crippen LogP contribution in [0.25, 0.3) is 0 Å². The highest BCUT2D eigenvalue weighted by Gasteiger charge is 2.58. The fraction of sp³-hybridized carbons (Fsp3) is 0.250. The summed E-state index contributed by atoms with van der Waals surface area (Å²) in [5.41, 5.74) is 0. The molecule has 0 spiro atoms. The van der Waals surface area contributed by atoms with Crippen molar-refractivity contribution in [2.75, 3.05) is 0 Å². The van der Waals surface area contributed by atoms with Gasteiger partial charge in [-0.05, 0) is 12.2 Å². The van der Waals surface area contributed by atoms with Gasteiger partial charge >= 0.3 is 11.9 Å². The summed E-state index contributed by atoms with van der Waals surface area (Å²) < 4.78 is 0. The quantitative estimate of drug-likeness (QED) is 0.708. The Morgan fingerprint density at radius 1 is 0.929 bits per heavy atom. The fourth-order valence-electron chi connectivity index (χ4n) is 1.07. The Labute approximate surface area is 89.4 Å². The van der Waals surface area contributed by atoms with E-state index >= 15 is 0 Å². The molecule has 0 aromatic heterocycles. The lowest BCUT2D eigenvalue weighted by atomic mass is 9.86. The minimum absolute atomic E-state index is 1.04. The first-order chi connectivity index (χ1) is 6.34. The van der Waals surface area contributed by atoms with E-state index in [1.165, 1.54) is 12.2 Å². The molecule has 0 aliphatic heterocycles. The molecule has 4 nitrogen and oxygen atoms in total. The van der Waals surface area contributed by atoms with Crippen molar-refractivity contribution in [2.45, 2.75) is 9.75 Å². The number of hydrogen-bond acceptors (Lipinski definition) is 2. The summed E-state index contributed by atoms with van der Waals surface area (Å²) in [7, 11) is 0. The van der Waals surface area contributed by atoms with Gasteiger partial charge in [-0.25, -0.2) is 9.59 Å². The second kappa shape index (κ2) is 3.29. The Kier molecular flexibility index (Phi) is 2.61. The maximum atomic E-state index is 10.8. The third-order valence-corrected chi connectivity index (χ3v) is 3.18. The summed E-state index contributed by atoms with van der Waals surface area (Å²) in [5.74, 6) is -3.01. The summed E-state index contributed by atoms with van der Waals surface area (Å²) in [5, 5.41) is 17.6. The van der Waals surface area contributed by atoms with Crippen molar-refractivity contribution >= 4 is 35.1 Å². The van der Waals surface area contributed by atoms with Crippen molar-refractivity contribution in [2.24, 2.45) is 0 Å². The highest BCUT2D eigenvalue weighted by atomic mass is 35.5. The van der Waals surface area contributed by atoms with Crippen LogP contribution in [0.3, 0.4) is 0 Å². The number of hydrogen-bond donors (Lipinski definition) is 2. The molecular formula is C8H6Cl2O4. The predicted octanol–water partition coefficient (Wildman–Crippen LogP) is 1.24. The van der Waals surface area contributed by atoms with Crippen molar-refractivity contribution in [1.82, 2.24) is 0 Å². The normalized spacial score (nSPS) is 35.6. The van der Waals surface area contributed by atoms with Crippen LogP contribution < -0.4 is 0 Å². The largest absolute Gasteiger partial charge is 0.480 e. The van der Waals surface area contributed by atoms with Gasteiger partial charge in [0, 0.05) is 0 Å². The van der Waals surface area contributed by atoms with Crippen LogP contribution in [0.4, 0.5) is 0 Å². The van der Waals surface area contributed by atoms with E-state index in [9.17, 15) is 9.59 Å². The lowest BCUT2D eigenvalue weighted by molar-refractivity contribution is -0.147. The molecule has 0 fully saturated rings. The smallest absolute Gasteiger partial charge is 0.331 e. The maximum absolute atomic E-state index is 10.8. The number of carboxylic acids is 2. The molecule has 2 unspecified atom stereocenters. The molecule has 6 heteroatoms. The first-order valence-electron chi connectivity index (χ1n) is 3.56. The van der Waals surface area contributed by atoms with Gasteiger partial charge in [0.1, 0.15) is 0 Å². The Balaban J connectivity index is 3.30. The molecular weight excluding hydrogens is 231 g/mol. The molecule has 1 aliphatic carbocycles. The summed E-state index contributed by atoms with van der Waals surface area (Å²) in [6, 6.07) is 0. The molecule has 0 radical (unpaired) electrons. The molecule has 14 heavy (non-hydrogen) atoms. The molecule has 1 aliphatic rings. The average molecular weight is 237 g/mol. The fourth-order valence-corrected chi connectivity index (χ4v) is 1.51. The predicted molar refractivity (Wildman–Crippen MR) is 50.7 cm³/mol. The van der Waals surface area contributed by atoms with Gasteiger partial charge in [-0.15, -0.1) is 0 Å². The zero-order valence-electron chi connectivity index (χ0n) is 6.78. The molecule has 0 heterocycles. The van der Waals surface area contributed by atoms with Crippen LogP contribution in [0.2, 0.25) is 0 Å². The summed E-state index contributed by atoms with van der Waals surface area (Å²) in [4.78, 5) is 17.3. The summed E-state index contributed by atoms with van der Waals surface area (Å²) >= 11 is 11.3. The van der Waals surface area contributed by atoms with Crippen LogP contribution in [0, 0.1) is 0 Å². The van der Waals surface area contributed by atoms with Crippen molar-refractivity contribution in [3.8, 4) is 0 Å². The van der Waals surface area contributed by atoms with E-state index in [1.54, 1.807) is 0 Å². The number of carbonyl (C=O) groups is 2. The molecule has 2 atom stereocenters. The van der Waals surface area contributed by atoms with Gasteiger partial charge in [-0.1, -0.05) is 35.4 Å². The Hall–Kier alpha value is -1.00. The lowest BCUT2D eigenvalue weighted by Gasteiger charge is -2.32. The minimum Gasteiger partial charge on any atom is -0.480 e. The highest BCUT2D eigenvalue weighted by Crippen LogP contribution is 2.40. The van der Waals surface area contributed by atoms with Gasteiger partial charge in [-0.3, -0.25) is 0 Å². The van der Waals surface area contributed by atoms with E-state index in [2.05, 4.69) is 0 Å². The van der Waals surface area contributed by atoms with Crippen molar-refractivity contribution in [3.63, 3.8) is 0 Å². The van der Waals surface area contributed by atoms with Gasteiger partial charge in [0.25, 0.3) is 0 Å². The standard InChI is InChI=1S/C8H6Cl2O4/c9-7(5(11)12)3-1-2-4-8(7,10)6(13)14/h1-4H,(H,11,12)(H,13,14). The van der Waals surface area contributed by atoms with Gasteiger partial charge in [0.2, 0.25) is 0 Å². The minimum atomic E-state index is -2.16. The third-order valence-electron chi connectivity index (χ3n) is 1.91. The van der Waals surface area contributed by atoms with Gasteiger partial charge in [0.05, 0.1) is 0 Å². The van der Waals surface area contributed by atoms with Crippen LogP contribution in [0.5, 0.6) is 0 Å². The number of aliphatic carboxylic acids is 2. The molecule has 0 aromatic rings. The van der Waals surface area contributed by atoms with E-state index in [1.807, 2.05) is 0 Å². The first kappa shape index (κ1) is 11.1. The second-order valence-corrected chi connectivity index (χ2v) is 3.94. The molecule has 0 amide bonds. The molecule has 0 aromatic carbocycles. The average Bonchev–Trinajstić information content (AvgIpc) is 2.09. The molecule has 0 saturated heterocycles. The van der Waals surface area contributed by atoms with Crippen molar-refractivity contribution in [3.05, 3.63) is 24.3 Å². The van der Waals surface area contributed by atoms with Gasteiger partial charge in [0.15, 0.2) is 9.75 Å². The number of halogens is 2. The highest BCUT2D eigenvalue weighted by molar-refractivity contribution is 6.49. The van der Waals surface area contributed by atoms with Crippen LogP contribution in [-0.4, -0.2) is 31.9 Å². The lowest BCUT2D eigenvalue weighted by Crippen LogP contribution is -2.55. The third kappa shape index (κ3) is 1.31. The SMILES string of the molecule is O=C(O)C1(Cl)C=CC=CC1(Cl)C(=O)O. The molecule has 0 saturated carbocycles. The molecule has 0 bridgehead atoms. The van der Waals surface area contributed by atoms with Crippen LogP contribution in [0.1, 0.15) is 0 Å². The topological polar surface area (TPSA) is 74.6 Å². The Bertz CT molecular complexity index is 315. The van der Waals surface area contributed by atoms with E-state index in [0.717, 1.165) is 12.2 Å².